The van der Waals surface area contributed by atoms with Gasteiger partial charge in [0.15, 0.2) is 0 Å². The van der Waals surface area contributed by atoms with Crippen molar-refractivity contribution in [1.82, 2.24) is 10.3 Å². The largest absolute Gasteiger partial charge is 0.478 e. The first kappa shape index (κ1) is 14.8. The van der Waals surface area contributed by atoms with Gasteiger partial charge < -0.3 is 15.2 Å². The summed E-state index contributed by atoms with van der Waals surface area (Å²) in [6.45, 7) is 5.69. The van der Waals surface area contributed by atoms with E-state index in [4.69, 9.17) is 9.84 Å². The molecule has 0 radical (unpaired) electrons. The Kier molecular flexibility index (Phi) is 5.32. The van der Waals surface area contributed by atoms with Crippen molar-refractivity contribution in [2.24, 2.45) is 0 Å². The van der Waals surface area contributed by atoms with Gasteiger partial charge in [-0.15, -0.1) is 0 Å². The van der Waals surface area contributed by atoms with Crippen LogP contribution in [-0.2, 0) is 0 Å². The molecule has 1 aromatic heterocycles. The number of nitrogens with zero attached hydrogens (tertiary/aromatic N) is 1. The molecule has 1 atom stereocenters. The summed E-state index contributed by atoms with van der Waals surface area (Å²) in [6.07, 6.45) is 2.64. The molecule has 0 fully saturated rings. The third-order valence-electron chi connectivity index (χ3n) is 3.32. The molecule has 20 heavy (non-hydrogen) atoms. The molecule has 108 valence electrons. The Bertz CT molecular complexity index is 557. The molecule has 0 saturated heterocycles. The van der Waals surface area contributed by atoms with Crippen molar-refractivity contribution in [1.29, 1.82) is 0 Å². The minimum absolute atomic E-state index is 0.189. The Balaban J connectivity index is 2.32. The Morgan fingerprint density at radius 1 is 1.30 bits per heavy atom. The topological polar surface area (TPSA) is 54.4 Å². The van der Waals surface area contributed by atoms with E-state index >= 15 is 0 Å². The SMILES string of the molecule is CCOc1ncc(C(C)NCCCO)c2ccccc12. The summed E-state index contributed by atoms with van der Waals surface area (Å²) < 4.78 is 5.59. The van der Waals surface area contributed by atoms with E-state index in [0.717, 1.165) is 29.3 Å². The average Bonchev–Trinajstić information content (AvgIpc) is 2.48. The van der Waals surface area contributed by atoms with Gasteiger partial charge in [-0.2, -0.15) is 0 Å². The summed E-state index contributed by atoms with van der Waals surface area (Å²) in [4.78, 5) is 4.43. The molecule has 0 spiro atoms. The van der Waals surface area contributed by atoms with Crippen LogP contribution in [0.4, 0.5) is 0 Å². The smallest absolute Gasteiger partial charge is 0.221 e. The summed E-state index contributed by atoms with van der Waals surface area (Å²) in [5.41, 5.74) is 1.15. The normalized spacial score (nSPS) is 12.6. The van der Waals surface area contributed by atoms with Crippen molar-refractivity contribution in [2.45, 2.75) is 26.3 Å². The van der Waals surface area contributed by atoms with Crippen molar-refractivity contribution in [2.75, 3.05) is 19.8 Å². The monoisotopic (exact) mass is 274 g/mol. The number of pyridine rings is 1. The molecule has 0 bridgehead atoms. The van der Waals surface area contributed by atoms with Gasteiger partial charge in [-0.3, -0.25) is 0 Å². The van der Waals surface area contributed by atoms with Gasteiger partial charge >= 0.3 is 0 Å². The molecule has 0 saturated carbocycles. The quantitative estimate of drug-likeness (QED) is 0.762. The third-order valence-corrected chi connectivity index (χ3v) is 3.32. The maximum atomic E-state index is 8.85. The summed E-state index contributed by atoms with van der Waals surface area (Å²) in [7, 11) is 0. The first-order valence-corrected chi connectivity index (χ1v) is 7.12. The molecular formula is C16H22N2O2. The second kappa shape index (κ2) is 7.22. The Morgan fingerprint density at radius 2 is 2.05 bits per heavy atom. The molecule has 0 amide bonds. The van der Waals surface area contributed by atoms with Crippen LogP contribution in [0.15, 0.2) is 30.5 Å². The molecule has 2 rings (SSSR count). The fraction of sp³-hybridized carbons (Fsp3) is 0.438. The van der Waals surface area contributed by atoms with Crippen LogP contribution < -0.4 is 10.1 Å². The number of aromatic nitrogens is 1. The maximum Gasteiger partial charge on any atom is 0.221 e. The highest BCUT2D eigenvalue weighted by Gasteiger charge is 2.12. The standard InChI is InChI=1S/C16H22N2O2/c1-3-20-16-14-8-5-4-7-13(14)15(11-18-16)12(2)17-9-6-10-19/h4-5,7-8,11-12,17,19H,3,6,9-10H2,1-2H3. The summed E-state index contributed by atoms with van der Waals surface area (Å²) in [5, 5.41) is 14.5. The predicted octanol–water partition coefficient (Wildman–Crippen LogP) is 2.67. The first-order valence-electron chi connectivity index (χ1n) is 7.12. The average molecular weight is 274 g/mol. The molecule has 4 heteroatoms. The van der Waals surface area contributed by atoms with Crippen LogP contribution in [0.3, 0.4) is 0 Å². The number of hydrogen-bond donors (Lipinski definition) is 2. The van der Waals surface area contributed by atoms with Crippen LogP contribution >= 0.6 is 0 Å². The molecule has 1 heterocycles. The van der Waals surface area contributed by atoms with E-state index in [1.807, 2.05) is 31.3 Å². The van der Waals surface area contributed by atoms with Gasteiger partial charge in [-0.05, 0) is 43.8 Å². The van der Waals surface area contributed by atoms with Crippen LogP contribution in [-0.4, -0.2) is 29.8 Å². The zero-order valence-corrected chi connectivity index (χ0v) is 12.1. The van der Waals surface area contributed by atoms with Crippen LogP contribution in [0, 0.1) is 0 Å². The Morgan fingerprint density at radius 3 is 2.75 bits per heavy atom. The minimum atomic E-state index is 0.189. The van der Waals surface area contributed by atoms with Crippen molar-refractivity contribution in [3.05, 3.63) is 36.0 Å². The fourth-order valence-corrected chi connectivity index (χ4v) is 2.29. The molecule has 2 N–H and O–H groups in total. The van der Waals surface area contributed by atoms with Crippen molar-refractivity contribution >= 4 is 10.8 Å². The molecule has 1 unspecified atom stereocenters. The number of fused-ring (bicyclic) bond motifs is 1. The van der Waals surface area contributed by atoms with Crippen molar-refractivity contribution in [3.8, 4) is 5.88 Å². The number of hydrogen-bond acceptors (Lipinski definition) is 4. The second-order valence-electron chi connectivity index (χ2n) is 4.75. The third kappa shape index (κ3) is 3.26. The van der Waals surface area contributed by atoms with E-state index in [-0.39, 0.29) is 12.6 Å². The van der Waals surface area contributed by atoms with Crippen LogP contribution in [0.5, 0.6) is 5.88 Å². The van der Waals surface area contributed by atoms with Crippen molar-refractivity contribution in [3.63, 3.8) is 0 Å². The number of rotatable bonds is 7. The number of aliphatic hydroxyl groups excluding tert-OH is 1. The molecule has 0 aliphatic rings. The van der Waals surface area contributed by atoms with Crippen LogP contribution in [0.1, 0.15) is 31.9 Å². The van der Waals surface area contributed by atoms with Gasteiger partial charge in [0.25, 0.3) is 0 Å². The van der Waals surface area contributed by atoms with Crippen LogP contribution in [0.25, 0.3) is 10.8 Å². The summed E-state index contributed by atoms with van der Waals surface area (Å²) >= 11 is 0. The highest BCUT2D eigenvalue weighted by Crippen LogP contribution is 2.29. The van der Waals surface area contributed by atoms with Crippen LogP contribution in [0.2, 0.25) is 0 Å². The highest BCUT2D eigenvalue weighted by atomic mass is 16.5. The van der Waals surface area contributed by atoms with Gasteiger partial charge in [0.1, 0.15) is 0 Å². The Labute approximate surface area is 119 Å². The van der Waals surface area contributed by atoms with Gasteiger partial charge in [-0.25, -0.2) is 4.98 Å². The van der Waals surface area contributed by atoms with Gasteiger partial charge in [0.05, 0.1) is 6.61 Å². The molecule has 0 aliphatic heterocycles. The minimum Gasteiger partial charge on any atom is -0.478 e. The lowest BCUT2D eigenvalue weighted by Gasteiger charge is -2.17. The number of ether oxygens (including phenoxy) is 1. The molecule has 2 aromatic rings. The summed E-state index contributed by atoms with van der Waals surface area (Å²) in [6, 6.07) is 8.35. The number of benzene rings is 1. The van der Waals surface area contributed by atoms with E-state index in [1.54, 1.807) is 0 Å². The van der Waals surface area contributed by atoms with E-state index < -0.39 is 0 Å². The lowest BCUT2D eigenvalue weighted by atomic mass is 10.0. The number of aliphatic hydroxyl groups is 1. The van der Waals surface area contributed by atoms with E-state index in [2.05, 4.69) is 23.3 Å². The van der Waals surface area contributed by atoms with Gasteiger partial charge in [0, 0.05) is 24.2 Å². The zero-order chi connectivity index (χ0) is 14.4. The first-order chi connectivity index (χ1) is 9.77. The molecular weight excluding hydrogens is 252 g/mol. The predicted molar refractivity (Wildman–Crippen MR) is 81.0 cm³/mol. The molecule has 0 aliphatic carbocycles. The lowest BCUT2D eigenvalue weighted by molar-refractivity contribution is 0.284. The fourth-order valence-electron chi connectivity index (χ4n) is 2.29. The van der Waals surface area contributed by atoms with Crippen molar-refractivity contribution < 1.29 is 9.84 Å². The highest BCUT2D eigenvalue weighted by molar-refractivity contribution is 5.89. The van der Waals surface area contributed by atoms with E-state index in [9.17, 15) is 0 Å². The van der Waals surface area contributed by atoms with Gasteiger partial charge in [0.2, 0.25) is 5.88 Å². The maximum absolute atomic E-state index is 8.85. The molecule has 4 nitrogen and oxygen atoms in total. The Hall–Kier alpha value is -1.65. The lowest BCUT2D eigenvalue weighted by Crippen LogP contribution is -2.21. The second-order valence-corrected chi connectivity index (χ2v) is 4.75. The summed E-state index contributed by atoms with van der Waals surface area (Å²) in [5.74, 6) is 0.689. The zero-order valence-electron chi connectivity index (χ0n) is 12.1. The van der Waals surface area contributed by atoms with E-state index in [1.165, 1.54) is 0 Å². The van der Waals surface area contributed by atoms with E-state index in [0.29, 0.717) is 12.5 Å². The molecule has 1 aromatic carbocycles. The van der Waals surface area contributed by atoms with Gasteiger partial charge in [-0.1, -0.05) is 18.2 Å². The number of nitrogens with one attached hydrogen (secondary N) is 1.